The summed E-state index contributed by atoms with van der Waals surface area (Å²) in [6, 6.07) is 1.33. The Kier molecular flexibility index (Phi) is 5.40. The van der Waals surface area contributed by atoms with Gasteiger partial charge in [0.25, 0.3) is 5.91 Å². The van der Waals surface area contributed by atoms with Crippen LogP contribution in [0.2, 0.25) is 0 Å². The highest BCUT2D eigenvalue weighted by Crippen LogP contribution is 2.30. The Balaban J connectivity index is 1.81. The first-order chi connectivity index (χ1) is 9.86. The first kappa shape index (κ1) is 16.5. The van der Waals surface area contributed by atoms with E-state index in [4.69, 9.17) is 5.14 Å². The van der Waals surface area contributed by atoms with E-state index in [0.29, 0.717) is 18.0 Å². The Morgan fingerprint density at radius 1 is 1.48 bits per heavy atom. The van der Waals surface area contributed by atoms with Crippen molar-refractivity contribution < 1.29 is 13.2 Å². The number of sulfonamides is 1. The van der Waals surface area contributed by atoms with E-state index in [9.17, 15) is 13.2 Å². The molecule has 1 amide bonds. The number of nitrogens with two attached hydrogens (primary N) is 1. The van der Waals surface area contributed by atoms with Crippen molar-refractivity contribution in [1.29, 1.82) is 0 Å². The first-order valence-electron chi connectivity index (χ1n) is 7.26. The van der Waals surface area contributed by atoms with Crippen LogP contribution in [0.4, 0.5) is 0 Å². The summed E-state index contributed by atoms with van der Waals surface area (Å²) < 4.78 is 22.4. The molecule has 1 fully saturated rings. The molecule has 2 atom stereocenters. The van der Waals surface area contributed by atoms with Crippen LogP contribution in [0.3, 0.4) is 0 Å². The molecule has 118 valence electrons. The zero-order chi connectivity index (χ0) is 15.5. The molecule has 2 unspecified atom stereocenters. The summed E-state index contributed by atoms with van der Waals surface area (Å²) in [4.78, 5) is 12.0. The molecule has 0 radical (unpaired) electrons. The molecule has 1 aromatic rings. The minimum absolute atomic E-state index is 0.0220. The summed E-state index contributed by atoms with van der Waals surface area (Å²) in [6.07, 6.45) is 6.07. The molecule has 0 saturated heterocycles. The average molecular weight is 330 g/mol. The van der Waals surface area contributed by atoms with Crippen molar-refractivity contribution in [2.24, 2.45) is 17.0 Å². The molecule has 1 aliphatic carbocycles. The van der Waals surface area contributed by atoms with E-state index in [1.165, 1.54) is 37.1 Å². The van der Waals surface area contributed by atoms with Gasteiger partial charge in [0, 0.05) is 11.9 Å². The first-order valence-corrected chi connectivity index (χ1v) is 9.68. The number of amides is 1. The van der Waals surface area contributed by atoms with Crippen molar-refractivity contribution in [3.8, 4) is 0 Å². The molecule has 0 aromatic carbocycles. The normalized spacial score (nSPS) is 23.0. The maximum absolute atomic E-state index is 12.0. The number of hydrogen-bond donors (Lipinski definition) is 2. The second-order valence-electron chi connectivity index (χ2n) is 5.88. The van der Waals surface area contributed by atoms with Gasteiger partial charge in [-0.2, -0.15) is 0 Å². The lowest BCUT2D eigenvalue weighted by atomic mass is 9.81. The number of rotatable bonds is 5. The third-order valence-electron chi connectivity index (χ3n) is 4.00. The van der Waals surface area contributed by atoms with Gasteiger partial charge < -0.3 is 5.32 Å². The van der Waals surface area contributed by atoms with Crippen LogP contribution in [0.15, 0.2) is 15.7 Å². The van der Waals surface area contributed by atoms with E-state index in [0.717, 1.165) is 23.7 Å². The summed E-state index contributed by atoms with van der Waals surface area (Å²) in [6.45, 7) is 2.92. The molecule has 3 N–H and O–H groups in total. The lowest BCUT2D eigenvalue weighted by molar-refractivity contribution is 0.0950. The Labute approximate surface area is 130 Å². The zero-order valence-corrected chi connectivity index (χ0v) is 13.8. The van der Waals surface area contributed by atoms with Crippen LogP contribution in [0.25, 0.3) is 0 Å². The second kappa shape index (κ2) is 6.89. The van der Waals surface area contributed by atoms with Gasteiger partial charge in [-0.15, -0.1) is 11.3 Å². The minimum atomic E-state index is -3.72. The predicted octanol–water partition coefficient (Wildman–Crippen LogP) is 2.34. The van der Waals surface area contributed by atoms with Crippen LogP contribution in [-0.4, -0.2) is 20.9 Å². The largest absolute Gasteiger partial charge is 0.352 e. The average Bonchev–Trinajstić information content (AvgIpc) is 2.88. The second-order valence-corrected chi connectivity index (χ2v) is 8.58. The zero-order valence-electron chi connectivity index (χ0n) is 12.2. The molecule has 0 aliphatic heterocycles. The van der Waals surface area contributed by atoms with Crippen LogP contribution in [0, 0.1) is 11.8 Å². The maximum Gasteiger partial charge on any atom is 0.252 e. The van der Waals surface area contributed by atoms with E-state index < -0.39 is 10.0 Å². The van der Waals surface area contributed by atoms with E-state index in [1.807, 2.05) is 0 Å². The summed E-state index contributed by atoms with van der Waals surface area (Å²) >= 11 is 0.973. The van der Waals surface area contributed by atoms with E-state index in [1.54, 1.807) is 0 Å². The lowest BCUT2D eigenvalue weighted by Gasteiger charge is -2.26. The van der Waals surface area contributed by atoms with Gasteiger partial charge in [-0.25, -0.2) is 13.6 Å². The Morgan fingerprint density at radius 2 is 2.24 bits per heavy atom. The predicted molar refractivity (Wildman–Crippen MR) is 83.8 cm³/mol. The van der Waals surface area contributed by atoms with Gasteiger partial charge in [0.05, 0.1) is 5.56 Å². The molecule has 2 rings (SSSR count). The standard InChI is InChI=1S/C14H22N2O3S2/c1-10-3-2-4-11(7-10)5-6-16-14(17)12-8-13(20-9-12)21(15,18)19/h8-11H,2-7H2,1H3,(H,16,17)(H2,15,18,19). The van der Waals surface area contributed by atoms with Crippen LogP contribution in [-0.2, 0) is 10.0 Å². The Bertz CT molecular complexity index is 595. The van der Waals surface area contributed by atoms with Gasteiger partial charge in [-0.1, -0.05) is 26.2 Å². The van der Waals surface area contributed by atoms with Crippen molar-refractivity contribution in [2.45, 2.75) is 43.2 Å². The summed E-state index contributed by atoms with van der Waals surface area (Å²) in [7, 11) is -3.72. The molecule has 1 heterocycles. The van der Waals surface area contributed by atoms with Gasteiger partial charge in [-0.3, -0.25) is 4.79 Å². The van der Waals surface area contributed by atoms with Gasteiger partial charge in [0.15, 0.2) is 0 Å². The molecule has 1 saturated carbocycles. The summed E-state index contributed by atoms with van der Waals surface area (Å²) in [5.74, 6) is 1.25. The fourth-order valence-electron chi connectivity index (χ4n) is 2.90. The van der Waals surface area contributed by atoms with Crippen LogP contribution in [0.1, 0.15) is 49.4 Å². The maximum atomic E-state index is 12.0. The SMILES string of the molecule is CC1CCCC(CCNC(=O)c2csc(S(N)(=O)=O)c2)C1. The topological polar surface area (TPSA) is 89.3 Å². The molecule has 0 bridgehead atoms. The van der Waals surface area contributed by atoms with E-state index in [2.05, 4.69) is 12.2 Å². The smallest absolute Gasteiger partial charge is 0.252 e. The Morgan fingerprint density at radius 3 is 2.86 bits per heavy atom. The van der Waals surface area contributed by atoms with Crippen LogP contribution < -0.4 is 10.5 Å². The number of nitrogens with one attached hydrogen (secondary N) is 1. The van der Waals surface area contributed by atoms with Gasteiger partial charge in [0.1, 0.15) is 4.21 Å². The number of hydrogen-bond acceptors (Lipinski definition) is 4. The monoisotopic (exact) mass is 330 g/mol. The summed E-state index contributed by atoms with van der Waals surface area (Å²) in [5, 5.41) is 9.42. The fraction of sp³-hybridized carbons (Fsp3) is 0.643. The van der Waals surface area contributed by atoms with Crippen molar-refractivity contribution in [2.75, 3.05) is 6.54 Å². The molecule has 5 nitrogen and oxygen atoms in total. The molecule has 7 heteroatoms. The van der Waals surface area contributed by atoms with Gasteiger partial charge in [-0.05, 0) is 30.7 Å². The molecule has 21 heavy (non-hydrogen) atoms. The third kappa shape index (κ3) is 4.79. The number of carbonyl (C=O) groups is 1. The number of carbonyl (C=O) groups excluding carboxylic acids is 1. The van der Waals surface area contributed by atoms with Gasteiger partial charge in [0.2, 0.25) is 10.0 Å². The lowest BCUT2D eigenvalue weighted by Crippen LogP contribution is -2.26. The van der Waals surface area contributed by atoms with Crippen molar-refractivity contribution in [3.05, 3.63) is 17.0 Å². The molecule has 1 aliphatic rings. The molecule has 0 spiro atoms. The fourth-order valence-corrected chi connectivity index (χ4v) is 4.48. The van der Waals surface area contributed by atoms with Crippen molar-refractivity contribution in [1.82, 2.24) is 5.32 Å². The highest BCUT2D eigenvalue weighted by molar-refractivity contribution is 7.91. The summed E-state index contributed by atoms with van der Waals surface area (Å²) in [5.41, 5.74) is 0.362. The van der Waals surface area contributed by atoms with Gasteiger partial charge >= 0.3 is 0 Å². The highest BCUT2D eigenvalue weighted by atomic mass is 32.2. The number of primary sulfonamides is 1. The van der Waals surface area contributed by atoms with E-state index >= 15 is 0 Å². The molecular formula is C14H22N2O3S2. The third-order valence-corrected chi connectivity index (χ3v) is 6.39. The number of thiophene rings is 1. The van der Waals surface area contributed by atoms with Crippen LogP contribution >= 0.6 is 11.3 Å². The molecular weight excluding hydrogens is 308 g/mol. The van der Waals surface area contributed by atoms with E-state index in [-0.39, 0.29) is 10.1 Å². The Hall–Kier alpha value is -0.920. The van der Waals surface area contributed by atoms with Crippen molar-refractivity contribution in [3.63, 3.8) is 0 Å². The van der Waals surface area contributed by atoms with Crippen LogP contribution in [0.5, 0.6) is 0 Å². The quantitative estimate of drug-likeness (QED) is 0.868. The minimum Gasteiger partial charge on any atom is -0.352 e. The van der Waals surface area contributed by atoms with Crippen molar-refractivity contribution >= 4 is 27.3 Å². The molecule has 1 aromatic heterocycles. The highest BCUT2D eigenvalue weighted by Gasteiger charge is 2.19.